The molecule has 1 atom stereocenters. The predicted octanol–water partition coefficient (Wildman–Crippen LogP) is 1.24. The van der Waals surface area contributed by atoms with Crippen molar-refractivity contribution in [2.24, 2.45) is 0 Å². The summed E-state index contributed by atoms with van der Waals surface area (Å²) in [7, 11) is 0. The Balaban J connectivity index is 1.64. The third-order valence-electron chi connectivity index (χ3n) is 4.83. The molecule has 0 amide bonds. The van der Waals surface area contributed by atoms with Gasteiger partial charge in [-0.1, -0.05) is 12.1 Å². The van der Waals surface area contributed by atoms with Crippen molar-refractivity contribution in [2.45, 2.75) is 6.54 Å². The van der Waals surface area contributed by atoms with Crippen LogP contribution in [0.1, 0.15) is 21.5 Å². The molecule has 1 fully saturated rings. The van der Waals surface area contributed by atoms with E-state index in [1.54, 1.807) is 18.2 Å². The summed E-state index contributed by atoms with van der Waals surface area (Å²) >= 11 is 0. The highest BCUT2D eigenvalue weighted by molar-refractivity contribution is 6.15. The number of hydrogen-bond donors (Lipinski definition) is 3. The first-order valence-electron chi connectivity index (χ1n) is 8.95. The number of morpholine rings is 1. The van der Waals surface area contributed by atoms with Gasteiger partial charge in [0.2, 0.25) is 5.78 Å². The summed E-state index contributed by atoms with van der Waals surface area (Å²) in [5.41, 5.74) is 1.63. The maximum atomic E-state index is 12.8. The summed E-state index contributed by atoms with van der Waals surface area (Å²) < 4.78 is 11.2. The molecule has 0 aliphatic carbocycles. The number of aromatic hydroxyl groups is 1. The number of ketones is 1. The van der Waals surface area contributed by atoms with E-state index in [1.165, 1.54) is 24.3 Å². The highest BCUT2D eigenvalue weighted by Crippen LogP contribution is 2.40. The minimum Gasteiger partial charge on any atom is -0.595 e. The molecule has 8 nitrogen and oxygen atoms in total. The zero-order valence-electron chi connectivity index (χ0n) is 15.1. The van der Waals surface area contributed by atoms with E-state index < -0.39 is 5.23 Å². The van der Waals surface area contributed by atoms with E-state index in [9.17, 15) is 15.1 Å². The monoisotopic (exact) mass is 384 g/mol. The van der Waals surface area contributed by atoms with Crippen LogP contribution in [0.15, 0.2) is 42.2 Å². The Kier molecular flexibility index (Phi) is 5.12. The van der Waals surface area contributed by atoms with E-state index in [2.05, 4.69) is 4.90 Å². The molecule has 146 valence electrons. The molecular formula is C20H20N2O6. The molecule has 0 aromatic heterocycles. The van der Waals surface area contributed by atoms with Crippen molar-refractivity contribution in [1.29, 1.82) is 0 Å². The smallest absolute Gasteiger partial charge is 0.231 e. The second-order valence-electron chi connectivity index (χ2n) is 6.70. The first-order chi connectivity index (χ1) is 13.5. The predicted molar refractivity (Wildman–Crippen MR) is 99.4 cm³/mol. The molecular weight excluding hydrogens is 364 g/mol. The number of fused-ring (bicyclic) bond motifs is 1. The molecule has 0 radical (unpaired) electrons. The zero-order valence-corrected chi connectivity index (χ0v) is 15.1. The largest absolute Gasteiger partial charge is 0.595 e. The normalized spacial score (nSPS) is 19.5. The Labute approximate surface area is 161 Å². The van der Waals surface area contributed by atoms with Crippen LogP contribution in [-0.4, -0.2) is 47.3 Å². The van der Waals surface area contributed by atoms with E-state index in [0.29, 0.717) is 42.2 Å². The third kappa shape index (κ3) is 3.64. The fourth-order valence-electron chi connectivity index (χ4n) is 3.35. The summed E-state index contributed by atoms with van der Waals surface area (Å²) in [5.74, 6) is 0.245. The molecule has 0 spiro atoms. The second-order valence-corrected chi connectivity index (χ2v) is 6.70. The fourth-order valence-corrected chi connectivity index (χ4v) is 3.35. The number of nitrogens with one attached hydrogen (secondary N) is 1. The first kappa shape index (κ1) is 18.6. The van der Waals surface area contributed by atoms with Gasteiger partial charge in [0.1, 0.15) is 11.5 Å². The molecule has 3 N–H and O–H groups in total. The number of nitrogens with zero attached hydrogens (tertiary/aromatic N) is 1. The van der Waals surface area contributed by atoms with Crippen molar-refractivity contribution in [2.75, 3.05) is 26.3 Å². The molecule has 2 aromatic carbocycles. The maximum absolute atomic E-state index is 12.8. The van der Waals surface area contributed by atoms with Crippen molar-refractivity contribution in [3.05, 3.63) is 64.1 Å². The van der Waals surface area contributed by atoms with Gasteiger partial charge in [0, 0.05) is 31.8 Å². The third-order valence-corrected chi connectivity index (χ3v) is 4.83. The van der Waals surface area contributed by atoms with Crippen LogP contribution in [0.4, 0.5) is 5.69 Å². The number of hydrogen-bond acceptors (Lipinski definition) is 7. The molecule has 0 saturated carbocycles. The Bertz CT molecular complexity index is 934. The van der Waals surface area contributed by atoms with Gasteiger partial charge in [0.15, 0.2) is 11.4 Å². The number of phenols is 1. The van der Waals surface area contributed by atoms with Crippen molar-refractivity contribution in [3.63, 3.8) is 0 Å². The lowest BCUT2D eigenvalue weighted by atomic mass is 10.0. The minimum atomic E-state index is -1.04. The van der Waals surface area contributed by atoms with Gasteiger partial charge in [-0.3, -0.25) is 9.69 Å². The number of ether oxygens (including phenoxy) is 2. The molecule has 4 rings (SSSR count). The summed E-state index contributed by atoms with van der Waals surface area (Å²) in [4.78, 5) is 14.9. The van der Waals surface area contributed by atoms with E-state index in [-0.39, 0.29) is 23.0 Å². The van der Waals surface area contributed by atoms with E-state index in [0.717, 1.165) is 13.1 Å². The number of allylic oxidation sites excluding steroid dienone is 1. The van der Waals surface area contributed by atoms with Crippen LogP contribution in [0.2, 0.25) is 0 Å². The average molecular weight is 384 g/mol. The number of quaternary nitrogens is 1. The van der Waals surface area contributed by atoms with Gasteiger partial charge in [-0.25, -0.2) is 5.21 Å². The minimum absolute atomic E-state index is 0.0761. The molecule has 8 heteroatoms. The van der Waals surface area contributed by atoms with E-state index in [4.69, 9.17) is 14.7 Å². The topological polar surface area (TPSA) is 107 Å². The number of carbonyl (C=O) groups excluding carboxylic acids is 1. The van der Waals surface area contributed by atoms with Crippen molar-refractivity contribution >= 4 is 17.5 Å². The summed E-state index contributed by atoms with van der Waals surface area (Å²) in [5, 5.41) is 29.6. The van der Waals surface area contributed by atoms with E-state index >= 15 is 0 Å². The fraction of sp³-hybridized carbons (Fsp3) is 0.250. The summed E-state index contributed by atoms with van der Waals surface area (Å²) in [6.07, 6.45) is 1.52. The molecule has 2 aliphatic heterocycles. The molecule has 28 heavy (non-hydrogen) atoms. The Hall–Kier alpha value is -2.75. The lowest BCUT2D eigenvalue weighted by Gasteiger charge is -2.27. The number of Topliss-reactive ketones (excluding diaryl/α,β-unsaturated/α-hetero) is 1. The molecule has 2 aliphatic rings. The SMILES string of the molecule is O=C1C(=Cc2cccc([NH+]([O-])O)c2)Oc2c1ccc(O)c2CN1CCOCC1. The molecule has 0 bridgehead atoms. The quantitative estimate of drug-likeness (QED) is 0.538. The van der Waals surface area contributed by atoms with Crippen LogP contribution >= 0.6 is 0 Å². The van der Waals surface area contributed by atoms with Gasteiger partial charge in [-0.15, -0.1) is 0 Å². The second kappa shape index (κ2) is 7.70. The van der Waals surface area contributed by atoms with Gasteiger partial charge in [0.25, 0.3) is 0 Å². The van der Waals surface area contributed by atoms with Crippen LogP contribution in [0.25, 0.3) is 6.08 Å². The summed E-state index contributed by atoms with van der Waals surface area (Å²) in [6.45, 7) is 3.18. The molecule has 2 aromatic rings. The molecule has 1 unspecified atom stereocenters. The Morgan fingerprint density at radius 3 is 2.75 bits per heavy atom. The Morgan fingerprint density at radius 2 is 2.00 bits per heavy atom. The lowest BCUT2D eigenvalue weighted by molar-refractivity contribution is -0.991. The van der Waals surface area contributed by atoms with Crippen LogP contribution in [0.3, 0.4) is 0 Å². The van der Waals surface area contributed by atoms with Gasteiger partial charge in [0.05, 0.1) is 24.3 Å². The Morgan fingerprint density at radius 1 is 1.21 bits per heavy atom. The molecule has 2 heterocycles. The maximum Gasteiger partial charge on any atom is 0.231 e. The number of benzene rings is 2. The number of carbonyl (C=O) groups is 1. The van der Waals surface area contributed by atoms with Crippen molar-refractivity contribution < 1.29 is 29.8 Å². The average Bonchev–Trinajstić information content (AvgIpc) is 3.01. The number of rotatable bonds is 4. The standard InChI is InChI=1S/C20H20N2O6/c23-17-5-4-15-19(24)18(11-13-2-1-3-14(10-13)22(25)26)28-20(15)16(17)12-21-6-8-27-9-7-21/h1-5,10-11,22-23,25H,6-9,12H2. The zero-order chi connectivity index (χ0) is 19.7. The number of phenolic OH excluding ortho intramolecular Hbond substituents is 1. The first-order valence-corrected chi connectivity index (χ1v) is 8.95. The van der Waals surface area contributed by atoms with Crippen LogP contribution < -0.4 is 9.96 Å². The van der Waals surface area contributed by atoms with Gasteiger partial charge in [-0.05, 0) is 23.8 Å². The van der Waals surface area contributed by atoms with Gasteiger partial charge < -0.3 is 19.8 Å². The summed E-state index contributed by atoms with van der Waals surface area (Å²) in [6, 6.07) is 9.31. The van der Waals surface area contributed by atoms with Crippen LogP contribution in [-0.2, 0) is 11.3 Å². The highest BCUT2D eigenvalue weighted by atomic mass is 16.8. The highest BCUT2D eigenvalue weighted by Gasteiger charge is 2.32. The van der Waals surface area contributed by atoms with Crippen LogP contribution in [0.5, 0.6) is 11.5 Å². The molecule has 1 saturated heterocycles. The van der Waals surface area contributed by atoms with Crippen molar-refractivity contribution in [3.8, 4) is 11.5 Å². The van der Waals surface area contributed by atoms with E-state index in [1.807, 2.05) is 0 Å². The van der Waals surface area contributed by atoms with Crippen LogP contribution in [0, 0.1) is 5.21 Å². The lowest BCUT2D eigenvalue weighted by Crippen LogP contribution is -2.99. The van der Waals surface area contributed by atoms with Gasteiger partial charge in [-0.2, -0.15) is 5.23 Å². The van der Waals surface area contributed by atoms with Gasteiger partial charge >= 0.3 is 0 Å². The van der Waals surface area contributed by atoms with Crippen molar-refractivity contribution in [1.82, 2.24) is 4.90 Å².